The number of primary amides is 1. The van der Waals surface area contributed by atoms with Crippen molar-refractivity contribution in [2.45, 2.75) is 19.4 Å². The van der Waals surface area contributed by atoms with Crippen LogP contribution in [0.1, 0.15) is 51.3 Å². The van der Waals surface area contributed by atoms with Crippen LogP contribution in [0.3, 0.4) is 0 Å². The highest BCUT2D eigenvalue weighted by Crippen LogP contribution is 2.35. The van der Waals surface area contributed by atoms with E-state index in [0.717, 1.165) is 17.5 Å². The summed E-state index contributed by atoms with van der Waals surface area (Å²) in [5.41, 5.74) is 8.12. The van der Waals surface area contributed by atoms with Crippen molar-refractivity contribution in [3.8, 4) is 11.5 Å². The van der Waals surface area contributed by atoms with Gasteiger partial charge in [0, 0.05) is 24.0 Å². The quantitative estimate of drug-likeness (QED) is 0.674. The van der Waals surface area contributed by atoms with E-state index in [1.54, 1.807) is 42.7 Å². The van der Waals surface area contributed by atoms with E-state index in [4.69, 9.17) is 15.2 Å². The summed E-state index contributed by atoms with van der Waals surface area (Å²) < 4.78 is 12.1. The predicted molar refractivity (Wildman–Crippen MR) is 112 cm³/mol. The molecule has 0 fully saturated rings. The lowest BCUT2D eigenvalue weighted by molar-refractivity contribution is 0.0825. The van der Waals surface area contributed by atoms with Crippen LogP contribution in [0, 0.1) is 5.92 Å². The molecule has 4 rings (SSSR count). The van der Waals surface area contributed by atoms with E-state index >= 15 is 0 Å². The van der Waals surface area contributed by atoms with Crippen molar-refractivity contribution in [1.82, 2.24) is 4.98 Å². The summed E-state index contributed by atoms with van der Waals surface area (Å²) in [4.78, 5) is 28.0. The molecule has 1 aliphatic heterocycles. The molecule has 152 valence electrons. The van der Waals surface area contributed by atoms with Crippen LogP contribution in [0.4, 0.5) is 0 Å². The van der Waals surface area contributed by atoms with Gasteiger partial charge in [-0.05, 0) is 53.9 Å². The minimum absolute atomic E-state index is 0.0994. The van der Waals surface area contributed by atoms with Gasteiger partial charge in [-0.1, -0.05) is 19.1 Å². The van der Waals surface area contributed by atoms with Gasteiger partial charge >= 0.3 is 0 Å². The fourth-order valence-electron chi connectivity index (χ4n) is 3.51. The number of ketones is 1. The second-order valence-electron chi connectivity index (χ2n) is 7.20. The SMILES string of the molecule is CC[C@@H]1COc2cc(O[C@H](c3ccncc3)c3ccc(C(N)=O)cc3)ccc2C1=O. The van der Waals surface area contributed by atoms with Crippen molar-refractivity contribution in [3.05, 3.63) is 89.2 Å². The van der Waals surface area contributed by atoms with Crippen LogP contribution in [-0.2, 0) is 0 Å². The first kappa shape index (κ1) is 19.6. The van der Waals surface area contributed by atoms with Crippen molar-refractivity contribution in [3.63, 3.8) is 0 Å². The number of amides is 1. The van der Waals surface area contributed by atoms with E-state index in [2.05, 4.69) is 4.98 Å². The molecule has 30 heavy (non-hydrogen) atoms. The van der Waals surface area contributed by atoms with Gasteiger partial charge in [0.1, 0.15) is 17.6 Å². The fraction of sp³-hybridized carbons (Fsp3) is 0.208. The highest BCUT2D eigenvalue weighted by molar-refractivity contribution is 6.01. The summed E-state index contributed by atoms with van der Waals surface area (Å²) in [6.45, 7) is 2.37. The number of carbonyl (C=O) groups is 2. The third kappa shape index (κ3) is 3.89. The normalized spacial score (nSPS) is 16.3. The van der Waals surface area contributed by atoms with Gasteiger partial charge in [0.25, 0.3) is 0 Å². The van der Waals surface area contributed by atoms with Crippen molar-refractivity contribution >= 4 is 11.7 Å². The Hall–Kier alpha value is -3.67. The van der Waals surface area contributed by atoms with Gasteiger partial charge in [0.2, 0.25) is 5.91 Å². The van der Waals surface area contributed by atoms with Gasteiger partial charge in [0.15, 0.2) is 5.78 Å². The van der Waals surface area contributed by atoms with Crippen molar-refractivity contribution < 1.29 is 19.1 Å². The summed E-state index contributed by atoms with van der Waals surface area (Å²) in [6.07, 6.45) is 3.71. The average molecular weight is 402 g/mol. The summed E-state index contributed by atoms with van der Waals surface area (Å²) in [6, 6.07) is 16.0. The number of hydrogen-bond donors (Lipinski definition) is 1. The summed E-state index contributed by atoms with van der Waals surface area (Å²) in [5.74, 6) is 0.650. The lowest BCUT2D eigenvalue weighted by Crippen LogP contribution is -2.27. The Bertz CT molecular complexity index is 1060. The lowest BCUT2D eigenvalue weighted by Gasteiger charge is -2.25. The van der Waals surface area contributed by atoms with Gasteiger partial charge in [-0.15, -0.1) is 0 Å². The maximum atomic E-state index is 12.5. The summed E-state index contributed by atoms with van der Waals surface area (Å²) in [5, 5.41) is 0. The number of carbonyl (C=O) groups excluding carboxylic acids is 2. The summed E-state index contributed by atoms with van der Waals surface area (Å²) in [7, 11) is 0. The minimum Gasteiger partial charge on any atom is -0.492 e. The van der Waals surface area contributed by atoms with Gasteiger partial charge in [-0.3, -0.25) is 14.6 Å². The zero-order chi connectivity index (χ0) is 21.1. The largest absolute Gasteiger partial charge is 0.492 e. The molecular weight excluding hydrogens is 380 g/mol. The second kappa shape index (κ2) is 8.37. The Morgan fingerprint density at radius 2 is 1.83 bits per heavy atom. The minimum atomic E-state index is -0.482. The van der Waals surface area contributed by atoms with E-state index in [1.807, 2.05) is 31.2 Å². The number of aromatic nitrogens is 1. The molecule has 0 saturated heterocycles. The molecule has 2 heterocycles. The Balaban J connectivity index is 1.66. The Morgan fingerprint density at radius 3 is 2.50 bits per heavy atom. The number of nitrogens with zero attached hydrogens (tertiary/aromatic N) is 1. The topological polar surface area (TPSA) is 91.5 Å². The second-order valence-corrected chi connectivity index (χ2v) is 7.20. The molecule has 2 N–H and O–H groups in total. The van der Waals surface area contributed by atoms with Crippen LogP contribution in [0.5, 0.6) is 11.5 Å². The maximum absolute atomic E-state index is 12.5. The van der Waals surface area contributed by atoms with E-state index in [-0.39, 0.29) is 11.7 Å². The van der Waals surface area contributed by atoms with Crippen LogP contribution in [0.25, 0.3) is 0 Å². The zero-order valence-electron chi connectivity index (χ0n) is 16.6. The third-order valence-corrected chi connectivity index (χ3v) is 5.28. The molecule has 3 aromatic rings. The van der Waals surface area contributed by atoms with Crippen molar-refractivity contribution in [2.24, 2.45) is 11.7 Å². The summed E-state index contributed by atoms with van der Waals surface area (Å²) >= 11 is 0. The molecule has 1 aliphatic rings. The highest BCUT2D eigenvalue weighted by Gasteiger charge is 2.28. The number of ether oxygens (including phenoxy) is 2. The molecule has 1 amide bonds. The molecule has 0 unspecified atom stereocenters. The zero-order valence-corrected chi connectivity index (χ0v) is 16.6. The van der Waals surface area contributed by atoms with Crippen LogP contribution in [0.15, 0.2) is 67.0 Å². The Morgan fingerprint density at radius 1 is 1.13 bits per heavy atom. The van der Waals surface area contributed by atoms with E-state index in [1.165, 1.54) is 0 Å². The average Bonchev–Trinajstić information content (AvgIpc) is 2.78. The van der Waals surface area contributed by atoms with Gasteiger partial charge in [-0.2, -0.15) is 0 Å². The van der Waals surface area contributed by atoms with E-state index < -0.39 is 12.0 Å². The van der Waals surface area contributed by atoms with Crippen LogP contribution < -0.4 is 15.2 Å². The molecular formula is C24H22N2O4. The Labute approximate surface area is 174 Å². The molecule has 0 aliphatic carbocycles. The lowest BCUT2D eigenvalue weighted by atomic mass is 9.93. The third-order valence-electron chi connectivity index (χ3n) is 5.28. The number of fused-ring (bicyclic) bond motifs is 1. The number of nitrogens with two attached hydrogens (primary N) is 1. The van der Waals surface area contributed by atoms with Gasteiger partial charge in [-0.25, -0.2) is 0 Å². The van der Waals surface area contributed by atoms with Gasteiger partial charge in [0.05, 0.1) is 18.1 Å². The molecule has 0 bridgehead atoms. The van der Waals surface area contributed by atoms with E-state index in [9.17, 15) is 9.59 Å². The number of rotatable bonds is 6. The van der Waals surface area contributed by atoms with Crippen molar-refractivity contribution in [2.75, 3.05) is 6.61 Å². The van der Waals surface area contributed by atoms with Gasteiger partial charge < -0.3 is 15.2 Å². The monoisotopic (exact) mass is 402 g/mol. The highest BCUT2D eigenvalue weighted by atomic mass is 16.5. The first-order valence-electron chi connectivity index (χ1n) is 9.84. The molecule has 0 saturated carbocycles. The van der Waals surface area contributed by atoms with Crippen LogP contribution in [0.2, 0.25) is 0 Å². The number of hydrogen-bond acceptors (Lipinski definition) is 5. The maximum Gasteiger partial charge on any atom is 0.248 e. The fourth-order valence-corrected chi connectivity index (χ4v) is 3.51. The molecule has 6 nitrogen and oxygen atoms in total. The van der Waals surface area contributed by atoms with Crippen LogP contribution >= 0.6 is 0 Å². The van der Waals surface area contributed by atoms with Crippen LogP contribution in [-0.4, -0.2) is 23.3 Å². The molecule has 2 aromatic carbocycles. The van der Waals surface area contributed by atoms with E-state index in [0.29, 0.717) is 29.2 Å². The standard InChI is InChI=1S/C24H22N2O4/c1-2-15-14-29-21-13-19(7-8-20(21)22(15)27)30-23(17-9-11-26-12-10-17)16-3-5-18(6-4-16)24(25)28/h3-13,15,23H,2,14H2,1H3,(H2,25,28)/t15-,23+/m1/s1. The number of Topliss-reactive ketones (excluding diaryl/α,β-unsaturated/α-hetero) is 1. The Kier molecular flexibility index (Phi) is 5.48. The first-order chi connectivity index (χ1) is 14.6. The van der Waals surface area contributed by atoms with Crippen molar-refractivity contribution in [1.29, 1.82) is 0 Å². The number of pyridine rings is 1. The number of benzene rings is 2. The predicted octanol–water partition coefficient (Wildman–Crippen LogP) is 3.95. The molecule has 0 radical (unpaired) electrons. The molecule has 0 spiro atoms. The smallest absolute Gasteiger partial charge is 0.248 e. The molecule has 6 heteroatoms. The molecule has 2 atom stereocenters. The molecule has 1 aromatic heterocycles. The first-order valence-corrected chi connectivity index (χ1v) is 9.84.